The summed E-state index contributed by atoms with van der Waals surface area (Å²) >= 11 is 0. The van der Waals surface area contributed by atoms with Gasteiger partial charge in [-0.2, -0.15) is 0 Å². The van der Waals surface area contributed by atoms with Crippen molar-refractivity contribution in [3.8, 4) is 0 Å². The molecule has 1 atom stereocenters. The van der Waals surface area contributed by atoms with Crippen LogP contribution in [0, 0.1) is 0 Å². The van der Waals surface area contributed by atoms with Crippen molar-refractivity contribution in [2.75, 3.05) is 0 Å². The van der Waals surface area contributed by atoms with Crippen LogP contribution in [0.15, 0.2) is 24.3 Å². The average molecular weight is 132 g/mol. The maximum absolute atomic E-state index is 5.42. The first-order chi connectivity index (χ1) is 4.88. The normalized spacial score (nSPS) is 21.9. The molecule has 1 aromatic rings. The maximum atomic E-state index is 5.42. The summed E-state index contributed by atoms with van der Waals surface area (Å²) in [6.45, 7) is 2.09. The quantitative estimate of drug-likeness (QED) is 0.473. The third kappa shape index (κ3) is 0.763. The van der Waals surface area contributed by atoms with Crippen molar-refractivity contribution < 1.29 is 4.65 Å². The van der Waals surface area contributed by atoms with E-state index in [0.29, 0.717) is 6.10 Å². The highest BCUT2D eigenvalue weighted by molar-refractivity contribution is 6.49. The first-order valence-electron chi connectivity index (χ1n) is 3.57. The molecule has 1 nitrogen and oxygen atoms in total. The fourth-order valence-electron chi connectivity index (χ4n) is 1.37. The molecule has 0 saturated carbocycles. The standard InChI is InChI=1S/C8H9BO/c1-6-7-4-2-3-5-8(7)9-10-6/h2-6,9H,1H3. The Labute approximate surface area is 61.3 Å². The Balaban J connectivity index is 2.51. The fourth-order valence-corrected chi connectivity index (χ4v) is 1.37. The van der Waals surface area contributed by atoms with Crippen molar-refractivity contribution in [1.29, 1.82) is 0 Å². The molecule has 1 unspecified atom stereocenters. The minimum absolute atomic E-state index is 0.302. The van der Waals surface area contributed by atoms with E-state index >= 15 is 0 Å². The molecule has 0 radical (unpaired) electrons. The highest BCUT2D eigenvalue weighted by Crippen LogP contribution is 2.18. The summed E-state index contributed by atoms with van der Waals surface area (Å²) < 4.78 is 5.42. The van der Waals surface area contributed by atoms with Gasteiger partial charge in [-0.25, -0.2) is 0 Å². The van der Waals surface area contributed by atoms with Crippen LogP contribution in [-0.4, -0.2) is 7.48 Å². The van der Waals surface area contributed by atoms with Gasteiger partial charge < -0.3 is 4.65 Å². The van der Waals surface area contributed by atoms with Gasteiger partial charge in [-0.05, 0) is 17.9 Å². The van der Waals surface area contributed by atoms with E-state index in [1.165, 1.54) is 11.0 Å². The van der Waals surface area contributed by atoms with Crippen LogP contribution in [0.2, 0.25) is 0 Å². The van der Waals surface area contributed by atoms with Gasteiger partial charge in [0.2, 0.25) is 0 Å². The first-order valence-corrected chi connectivity index (χ1v) is 3.57. The summed E-state index contributed by atoms with van der Waals surface area (Å²) in [6.07, 6.45) is 0.302. The van der Waals surface area contributed by atoms with Gasteiger partial charge >= 0.3 is 7.48 Å². The molecule has 0 fully saturated rings. The topological polar surface area (TPSA) is 9.23 Å². The molecule has 0 spiro atoms. The summed E-state index contributed by atoms with van der Waals surface area (Å²) in [7, 11) is 0.789. The van der Waals surface area contributed by atoms with Gasteiger partial charge in [0.25, 0.3) is 0 Å². The van der Waals surface area contributed by atoms with Crippen molar-refractivity contribution in [1.82, 2.24) is 0 Å². The Morgan fingerprint density at radius 1 is 1.40 bits per heavy atom. The molecular weight excluding hydrogens is 123 g/mol. The molecule has 2 rings (SSSR count). The summed E-state index contributed by atoms with van der Waals surface area (Å²) in [4.78, 5) is 0. The van der Waals surface area contributed by atoms with E-state index in [1.807, 2.05) is 0 Å². The second-order valence-corrected chi connectivity index (χ2v) is 2.65. The van der Waals surface area contributed by atoms with Crippen LogP contribution in [0.1, 0.15) is 18.6 Å². The van der Waals surface area contributed by atoms with E-state index in [9.17, 15) is 0 Å². The van der Waals surface area contributed by atoms with Crippen LogP contribution >= 0.6 is 0 Å². The minimum Gasteiger partial charge on any atom is -0.428 e. The maximum Gasteiger partial charge on any atom is 0.309 e. The lowest BCUT2D eigenvalue weighted by Crippen LogP contribution is -2.09. The molecule has 1 aliphatic rings. The average Bonchev–Trinajstić information content (AvgIpc) is 2.34. The predicted molar refractivity (Wildman–Crippen MR) is 42.7 cm³/mol. The zero-order valence-electron chi connectivity index (χ0n) is 6.00. The van der Waals surface area contributed by atoms with Crippen LogP contribution in [0.4, 0.5) is 0 Å². The molecule has 50 valence electrons. The third-order valence-electron chi connectivity index (χ3n) is 1.98. The van der Waals surface area contributed by atoms with Crippen molar-refractivity contribution >= 4 is 12.9 Å². The molecule has 2 heteroatoms. The smallest absolute Gasteiger partial charge is 0.309 e. The molecular formula is C8H9BO. The summed E-state index contributed by atoms with van der Waals surface area (Å²) in [5.41, 5.74) is 2.69. The Morgan fingerprint density at radius 2 is 2.20 bits per heavy atom. The molecule has 0 aromatic heterocycles. The molecule has 10 heavy (non-hydrogen) atoms. The fraction of sp³-hybridized carbons (Fsp3) is 0.250. The highest BCUT2D eigenvalue weighted by Gasteiger charge is 2.18. The van der Waals surface area contributed by atoms with E-state index in [-0.39, 0.29) is 0 Å². The lowest BCUT2D eigenvalue weighted by atomic mass is 9.87. The Bertz CT molecular complexity index is 247. The summed E-state index contributed by atoms with van der Waals surface area (Å²) in [5, 5.41) is 0. The van der Waals surface area contributed by atoms with Crippen LogP contribution in [-0.2, 0) is 4.65 Å². The van der Waals surface area contributed by atoms with Crippen molar-refractivity contribution in [2.24, 2.45) is 0 Å². The number of hydrogen-bond donors (Lipinski definition) is 0. The van der Waals surface area contributed by atoms with Gasteiger partial charge in [-0.1, -0.05) is 24.3 Å². The molecule has 0 amide bonds. The van der Waals surface area contributed by atoms with Crippen LogP contribution in [0.25, 0.3) is 0 Å². The lowest BCUT2D eigenvalue weighted by molar-refractivity contribution is 0.258. The van der Waals surface area contributed by atoms with E-state index < -0.39 is 0 Å². The van der Waals surface area contributed by atoms with E-state index in [0.717, 1.165) is 7.48 Å². The van der Waals surface area contributed by atoms with E-state index in [4.69, 9.17) is 4.65 Å². The Hall–Kier alpha value is -0.755. The Kier molecular flexibility index (Phi) is 1.28. The summed E-state index contributed by atoms with van der Waals surface area (Å²) in [5.74, 6) is 0. The van der Waals surface area contributed by atoms with E-state index in [1.54, 1.807) is 0 Å². The zero-order valence-corrected chi connectivity index (χ0v) is 6.00. The Morgan fingerprint density at radius 3 is 3.00 bits per heavy atom. The molecule has 0 bridgehead atoms. The molecule has 1 aliphatic heterocycles. The van der Waals surface area contributed by atoms with Crippen molar-refractivity contribution in [3.05, 3.63) is 29.8 Å². The van der Waals surface area contributed by atoms with Crippen LogP contribution in [0.3, 0.4) is 0 Å². The second-order valence-electron chi connectivity index (χ2n) is 2.65. The second kappa shape index (κ2) is 2.13. The van der Waals surface area contributed by atoms with Crippen LogP contribution < -0.4 is 5.46 Å². The number of benzene rings is 1. The van der Waals surface area contributed by atoms with Gasteiger partial charge in [0.15, 0.2) is 0 Å². The SMILES string of the molecule is CC1OBc2ccccc21. The van der Waals surface area contributed by atoms with Crippen molar-refractivity contribution in [2.45, 2.75) is 13.0 Å². The third-order valence-corrected chi connectivity index (χ3v) is 1.98. The van der Waals surface area contributed by atoms with Crippen LogP contribution in [0.5, 0.6) is 0 Å². The molecule has 0 saturated heterocycles. The lowest BCUT2D eigenvalue weighted by Gasteiger charge is -2.02. The highest BCUT2D eigenvalue weighted by atomic mass is 16.4. The van der Waals surface area contributed by atoms with E-state index in [2.05, 4.69) is 31.2 Å². The molecule has 1 heterocycles. The van der Waals surface area contributed by atoms with Gasteiger partial charge in [-0.3, -0.25) is 0 Å². The van der Waals surface area contributed by atoms with Gasteiger partial charge in [-0.15, -0.1) is 0 Å². The molecule has 0 N–H and O–H groups in total. The minimum atomic E-state index is 0.302. The van der Waals surface area contributed by atoms with Gasteiger partial charge in [0.1, 0.15) is 0 Å². The van der Waals surface area contributed by atoms with Crippen molar-refractivity contribution in [3.63, 3.8) is 0 Å². The monoisotopic (exact) mass is 132 g/mol. The summed E-state index contributed by atoms with van der Waals surface area (Å²) in [6, 6.07) is 8.37. The number of rotatable bonds is 0. The number of fused-ring (bicyclic) bond motifs is 1. The first kappa shape index (κ1) is 5.99. The molecule has 0 aliphatic carbocycles. The zero-order chi connectivity index (χ0) is 6.97. The van der Waals surface area contributed by atoms with Gasteiger partial charge in [0, 0.05) is 0 Å². The largest absolute Gasteiger partial charge is 0.428 e. The van der Waals surface area contributed by atoms with Gasteiger partial charge in [0.05, 0.1) is 6.10 Å². The number of hydrogen-bond acceptors (Lipinski definition) is 1. The molecule has 1 aromatic carbocycles. The predicted octanol–water partition coefficient (Wildman–Crippen LogP) is 0.755.